The summed E-state index contributed by atoms with van der Waals surface area (Å²) in [6.45, 7) is 6.42. The fourth-order valence-electron chi connectivity index (χ4n) is 2.54. The summed E-state index contributed by atoms with van der Waals surface area (Å²) in [5.41, 5.74) is 0. The molecule has 0 N–H and O–H groups in total. The molecule has 0 fully saturated rings. The Morgan fingerprint density at radius 1 is 1.06 bits per heavy atom. The second-order valence-electron chi connectivity index (χ2n) is 4.36. The maximum Gasteiger partial charge on any atom is 0.0592 e. The third kappa shape index (κ3) is 2.21. The standard InChI is InChI=1S/C14H20BNP/c1-3-16(4-2)17(15,13-9-5-6-10-13)14-11-7-8-12-14/h5,7,9-12H,3-4,6,8H2,1-2H3. The number of nitrogens with zero attached hydrogens (tertiary/aromatic N) is 1. The number of hydrogen-bond donors (Lipinski definition) is 0. The highest BCUT2D eigenvalue weighted by Gasteiger charge is 2.33. The zero-order valence-corrected chi connectivity index (χ0v) is 11.7. The predicted molar refractivity (Wildman–Crippen MR) is 79.3 cm³/mol. The van der Waals surface area contributed by atoms with Gasteiger partial charge in [0.2, 0.25) is 0 Å². The van der Waals surface area contributed by atoms with Gasteiger partial charge in [-0.25, -0.2) is 4.67 Å². The maximum absolute atomic E-state index is 6.87. The van der Waals surface area contributed by atoms with Crippen molar-refractivity contribution in [3.8, 4) is 0 Å². The van der Waals surface area contributed by atoms with Crippen LogP contribution in [0, 0.1) is 0 Å². The van der Waals surface area contributed by atoms with Gasteiger partial charge in [0, 0.05) is 13.1 Å². The van der Waals surface area contributed by atoms with Crippen LogP contribution >= 0.6 is 7.29 Å². The average Bonchev–Trinajstić information content (AvgIpc) is 3.04. The minimum absolute atomic E-state index is 1.01. The van der Waals surface area contributed by atoms with Gasteiger partial charge in [-0.15, -0.1) is 7.29 Å². The number of allylic oxidation sites excluding steroid dienone is 8. The second kappa shape index (κ2) is 5.37. The van der Waals surface area contributed by atoms with E-state index in [1.165, 1.54) is 10.6 Å². The van der Waals surface area contributed by atoms with E-state index in [2.05, 4.69) is 55.0 Å². The first-order valence-corrected chi connectivity index (χ1v) is 8.22. The van der Waals surface area contributed by atoms with E-state index < -0.39 is 7.29 Å². The molecule has 0 saturated heterocycles. The zero-order valence-electron chi connectivity index (χ0n) is 10.8. The van der Waals surface area contributed by atoms with Gasteiger partial charge in [0.25, 0.3) is 0 Å². The van der Waals surface area contributed by atoms with Gasteiger partial charge in [-0.2, -0.15) is 0 Å². The van der Waals surface area contributed by atoms with Crippen LogP contribution in [0.2, 0.25) is 0 Å². The van der Waals surface area contributed by atoms with Crippen molar-refractivity contribution in [1.29, 1.82) is 0 Å². The maximum atomic E-state index is 6.87. The summed E-state index contributed by atoms with van der Waals surface area (Å²) in [4.78, 5) is 0. The van der Waals surface area contributed by atoms with Gasteiger partial charge in [-0.05, 0) is 51.0 Å². The van der Waals surface area contributed by atoms with Crippen molar-refractivity contribution in [2.24, 2.45) is 0 Å². The van der Waals surface area contributed by atoms with Crippen LogP contribution in [0.5, 0.6) is 0 Å². The third-order valence-electron chi connectivity index (χ3n) is 3.47. The summed E-state index contributed by atoms with van der Waals surface area (Å²) in [6.07, 6.45) is 15.5. The molecule has 2 aliphatic rings. The fourth-order valence-corrected chi connectivity index (χ4v) is 5.82. The van der Waals surface area contributed by atoms with Gasteiger partial charge in [-0.1, -0.05) is 12.2 Å². The van der Waals surface area contributed by atoms with Crippen molar-refractivity contribution in [2.45, 2.75) is 26.7 Å². The number of rotatable bonds is 5. The molecular formula is C14H20BNP. The molecule has 3 heteroatoms. The third-order valence-corrected chi connectivity index (χ3v) is 7.16. The van der Waals surface area contributed by atoms with E-state index in [0.717, 1.165) is 25.9 Å². The van der Waals surface area contributed by atoms with Crippen molar-refractivity contribution in [3.63, 3.8) is 0 Å². The minimum Gasteiger partial charge on any atom is -0.266 e. The Morgan fingerprint density at radius 2 is 1.53 bits per heavy atom. The van der Waals surface area contributed by atoms with Crippen molar-refractivity contribution < 1.29 is 0 Å². The molecule has 17 heavy (non-hydrogen) atoms. The first-order valence-electron chi connectivity index (χ1n) is 6.41. The smallest absolute Gasteiger partial charge is 0.0592 e. The number of hydrogen-bond acceptors (Lipinski definition) is 1. The fraction of sp³-hybridized carbons (Fsp3) is 0.429. The predicted octanol–water partition coefficient (Wildman–Crippen LogP) is 4.03. The first kappa shape index (κ1) is 12.9. The normalized spacial score (nSPS) is 19.1. The molecule has 0 heterocycles. The summed E-state index contributed by atoms with van der Waals surface area (Å²) in [5.74, 6) is 0. The molecule has 2 rings (SSSR count). The lowest BCUT2D eigenvalue weighted by Crippen LogP contribution is -2.25. The van der Waals surface area contributed by atoms with Crippen LogP contribution < -0.4 is 0 Å². The summed E-state index contributed by atoms with van der Waals surface area (Å²) in [7, 11) is 5.08. The van der Waals surface area contributed by atoms with Gasteiger partial charge in [0.05, 0.1) is 10.6 Å². The summed E-state index contributed by atoms with van der Waals surface area (Å²) >= 11 is 0. The Morgan fingerprint density at radius 3 is 1.82 bits per heavy atom. The van der Waals surface area contributed by atoms with Gasteiger partial charge in [0.15, 0.2) is 0 Å². The van der Waals surface area contributed by atoms with E-state index >= 15 is 0 Å². The Kier molecular flexibility index (Phi) is 4.07. The van der Waals surface area contributed by atoms with Crippen LogP contribution in [0.3, 0.4) is 0 Å². The van der Waals surface area contributed by atoms with E-state index in [4.69, 9.17) is 7.57 Å². The van der Waals surface area contributed by atoms with Gasteiger partial charge < -0.3 is 0 Å². The highest BCUT2D eigenvalue weighted by molar-refractivity contribution is 8.02. The summed E-state index contributed by atoms with van der Waals surface area (Å²) in [5, 5.41) is 2.69. The van der Waals surface area contributed by atoms with Crippen LogP contribution in [-0.4, -0.2) is 25.3 Å². The molecular weight excluding hydrogens is 224 g/mol. The SMILES string of the molecule is [B-][P+](C1=CCC=C1)(C1=CCC=C1)N(CC)CC. The largest absolute Gasteiger partial charge is 0.266 e. The molecule has 0 unspecified atom stereocenters. The molecule has 0 aliphatic heterocycles. The van der Waals surface area contributed by atoms with Crippen LogP contribution in [0.15, 0.2) is 47.1 Å². The highest BCUT2D eigenvalue weighted by atomic mass is 31.2. The van der Waals surface area contributed by atoms with E-state index in [-0.39, 0.29) is 0 Å². The zero-order chi connectivity index (χ0) is 12.3. The molecule has 0 bridgehead atoms. The van der Waals surface area contributed by atoms with Crippen molar-refractivity contribution in [2.75, 3.05) is 13.1 Å². The highest BCUT2D eigenvalue weighted by Crippen LogP contribution is 2.72. The summed E-state index contributed by atoms with van der Waals surface area (Å²) < 4.78 is 2.44. The second-order valence-corrected chi connectivity index (χ2v) is 7.33. The molecule has 0 amide bonds. The molecule has 0 aromatic carbocycles. The molecule has 2 aliphatic carbocycles. The first-order chi connectivity index (χ1) is 8.23. The molecule has 0 saturated carbocycles. The van der Waals surface area contributed by atoms with Gasteiger partial charge in [0.1, 0.15) is 0 Å². The minimum atomic E-state index is -1.79. The Hall–Kier alpha value is -0.585. The molecule has 3 radical (unpaired) electrons. The van der Waals surface area contributed by atoms with E-state index in [1.54, 1.807) is 0 Å². The van der Waals surface area contributed by atoms with Gasteiger partial charge in [-0.3, -0.25) is 7.57 Å². The van der Waals surface area contributed by atoms with Crippen LogP contribution in [-0.2, 0) is 0 Å². The van der Waals surface area contributed by atoms with Crippen molar-refractivity contribution in [3.05, 3.63) is 47.1 Å². The van der Waals surface area contributed by atoms with E-state index in [9.17, 15) is 0 Å². The Labute approximate surface area is 107 Å². The lowest BCUT2D eigenvalue weighted by atomic mass is 10.5. The van der Waals surface area contributed by atoms with Crippen LogP contribution in [0.1, 0.15) is 26.7 Å². The Bertz CT molecular complexity index is 372. The van der Waals surface area contributed by atoms with E-state index in [0.29, 0.717) is 0 Å². The molecule has 89 valence electrons. The Balaban J connectivity index is 2.41. The van der Waals surface area contributed by atoms with Crippen LogP contribution in [0.25, 0.3) is 0 Å². The monoisotopic (exact) mass is 244 g/mol. The molecule has 1 nitrogen and oxygen atoms in total. The summed E-state index contributed by atoms with van der Waals surface area (Å²) in [6, 6.07) is 0. The van der Waals surface area contributed by atoms with Crippen molar-refractivity contribution in [1.82, 2.24) is 4.67 Å². The van der Waals surface area contributed by atoms with Crippen molar-refractivity contribution >= 4 is 14.9 Å². The van der Waals surface area contributed by atoms with Gasteiger partial charge >= 0.3 is 0 Å². The van der Waals surface area contributed by atoms with Crippen LogP contribution in [0.4, 0.5) is 0 Å². The lowest BCUT2D eigenvalue weighted by Gasteiger charge is -2.45. The molecule has 0 aromatic rings. The average molecular weight is 244 g/mol. The van der Waals surface area contributed by atoms with E-state index in [1.807, 2.05) is 0 Å². The molecule has 0 atom stereocenters. The quantitative estimate of drug-likeness (QED) is 0.521. The lowest BCUT2D eigenvalue weighted by molar-refractivity contribution is 0.508. The molecule has 0 aromatic heterocycles. The molecule has 0 spiro atoms. The topological polar surface area (TPSA) is 3.24 Å².